The molecule has 0 saturated heterocycles. The normalized spacial score (nSPS) is 11.1. The van der Waals surface area contributed by atoms with Crippen molar-refractivity contribution in [1.82, 2.24) is 9.99 Å². The summed E-state index contributed by atoms with van der Waals surface area (Å²) in [5, 5.41) is 5.15. The number of aromatic nitrogens is 1. The van der Waals surface area contributed by atoms with Gasteiger partial charge in [0.15, 0.2) is 0 Å². The minimum absolute atomic E-state index is 0.155. The first-order valence-corrected chi connectivity index (χ1v) is 7.76. The summed E-state index contributed by atoms with van der Waals surface area (Å²) in [6, 6.07) is 17.9. The van der Waals surface area contributed by atoms with Crippen LogP contribution in [0.25, 0.3) is 10.9 Å². The van der Waals surface area contributed by atoms with E-state index in [1.165, 1.54) is 0 Å². The molecule has 0 unspecified atom stereocenters. The number of benzene rings is 2. The smallest absolute Gasteiger partial charge is 0.259 e. The number of hydrazone groups is 1. The van der Waals surface area contributed by atoms with Gasteiger partial charge in [-0.25, -0.2) is 5.43 Å². The number of nitrogens with zero attached hydrogens (tertiary/aromatic N) is 3. The molecular weight excluding hydrogens is 300 g/mol. The van der Waals surface area contributed by atoms with Crippen LogP contribution in [0.15, 0.2) is 65.9 Å². The van der Waals surface area contributed by atoms with Crippen LogP contribution in [0.3, 0.4) is 0 Å². The van der Waals surface area contributed by atoms with Crippen LogP contribution in [0.1, 0.15) is 5.56 Å². The fourth-order valence-corrected chi connectivity index (χ4v) is 2.51. The van der Waals surface area contributed by atoms with Gasteiger partial charge in [-0.05, 0) is 35.2 Å². The van der Waals surface area contributed by atoms with Gasteiger partial charge >= 0.3 is 0 Å². The van der Waals surface area contributed by atoms with Crippen molar-refractivity contribution < 1.29 is 4.79 Å². The van der Waals surface area contributed by atoms with E-state index >= 15 is 0 Å². The third-order valence-electron chi connectivity index (χ3n) is 3.81. The van der Waals surface area contributed by atoms with Crippen molar-refractivity contribution in [3.8, 4) is 0 Å². The highest BCUT2D eigenvalue weighted by atomic mass is 16.2. The van der Waals surface area contributed by atoms with Gasteiger partial charge in [0.25, 0.3) is 5.91 Å². The first-order valence-electron chi connectivity index (χ1n) is 7.76. The van der Waals surface area contributed by atoms with E-state index in [1.807, 2.05) is 84.4 Å². The Labute approximate surface area is 141 Å². The molecule has 1 amide bonds. The second-order valence-corrected chi connectivity index (χ2v) is 5.78. The van der Waals surface area contributed by atoms with Gasteiger partial charge in [-0.2, -0.15) is 5.10 Å². The monoisotopic (exact) mass is 320 g/mol. The minimum Gasteiger partial charge on any atom is -0.378 e. The first kappa shape index (κ1) is 15.8. The molecular formula is C19H20N4O. The highest BCUT2D eigenvalue weighted by molar-refractivity contribution is 5.85. The van der Waals surface area contributed by atoms with E-state index in [-0.39, 0.29) is 12.5 Å². The maximum Gasteiger partial charge on any atom is 0.259 e. The Kier molecular flexibility index (Phi) is 4.61. The van der Waals surface area contributed by atoms with Crippen LogP contribution in [0, 0.1) is 0 Å². The molecule has 0 aliphatic carbocycles. The van der Waals surface area contributed by atoms with Gasteiger partial charge in [-0.1, -0.05) is 30.3 Å². The Hall–Kier alpha value is -3.08. The molecule has 5 nitrogen and oxygen atoms in total. The summed E-state index contributed by atoms with van der Waals surface area (Å²) in [6.07, 6.45) is 3.55. The van der Waals surface area contributed by atoms with Crippen molar-refractivity contribution in [3.05, 3.63) is 66.4 Å². The summed E-state index contributed by atoms with van der Waals surface area (Å²) in [5.41, 5.74) is 5.67. The van der Waals surface area contributed by atoms with E-state index in [9.17, 15) is 4.79 Å². The van der Waals surface area contributed by atoms with E-state index in [0.717, 1.165) is 22.2 Å². The van der Waals surface area contributed by atoms with E-state index in [1.54, 1.807) is 6.21 Å². The zero-order valence-corrected chi connectivity index (χ0v) is 13.8. The summed E-state index contributed by atoms with van der Waals surface area (Å²) in [6.45, 7) is 0.240. The number of rotatable bonds is 5. The van der Waals surface area contributed by atoms with Gasteiger partial charge in [0.2, 0.25) is 0 Å². The van der Waals surface area contributed by atoms with Gasteiger partial charge in [-0.15, -0.1) is 0 Å². The van der Waals surface area contributed by atoms with Crippen LogP contribution in [0.5, 0.6) is 0 Å². The van der Waals surface area contributed by atoms with Crippen molar-refractivity contribution in [2.45, 2.75) is 6.54 Å². The number of carbonyl (C=O) groups is 1. The average molecular weight is 320 g/mol. The molecule has 3 aromatic rings. The number of carbonyl (C=O) groups excluding carboxylic acids is 1. The Balaban J connectivity index is 1.59. The highest BCUT2D eigenvalue weighted by Gasteiger charge is 2.04. The van der Waals surface area contributed by atoms with Crippen molar-refractivity contribution >= 4 is 28.7 Å². The maximum atomic E-state index is 12.0. The first-order chi connectivity index (χ1) is 11.6. The molecule has 2 aromatic carbocycles. The number of hydrogen-bond donors (Lipinski definition) is 1. The zero-order valence-electron chi connectivity index (χ0n) is 13.8. The standard InChI is InChI=1S/C19H20N4O/c1-22(2)17-9-7-15(8-10-17)13-20-21-19(24)14-23-12-11-16-5-3-4-6-18(16)23/h3-13H,14H2,1-2H3,(H,21,24)/b20-13+. The summed E-state index contributed by atoms with van der Waals surface area (Å²) in [5.74, 6) is -0.155. The predicted molar refractivity (Wildman–Crippen MR) is 98.4 cm³/mol. The largest absolute Gasteiger partial charge is 0.378 e. The number of fused-ring (bicyclic) bond motifs is 1. The van der Waals surface area contributed by atoms with Crippen molar-refractivity contribution in [1.29, 1.82) is 0 Å². The second-order valence-electron chi connectivity index (χ2n) is 5.78. The lowest BCUT2D eigenvalue weighted by Gasteiger charge is -2.11. The van der Waals surface area contributed by atoms with Crippen LogP contribution in [-0.2, 0) is 11.3 Å². The average Bonchev–Trinajstić information content (AvgIpc) is 2.98. The molecule has 0 bridgehead atoms. The lowest BCUT2D eigenvalue weighted by Crippen LogP contribution is -2.22. The Bertz CT molecular complexity index is 862. The zero-order chi connectivity index (χ0) is 16.9. The molecule has 5 heteroatoms. The fraction of sp³-hybridized carbons (Fsp3) is 0.158. The highest BCUT2D eigenvalue weighted by Crippen LogP contribution is 2.14. The number of amides is 1. The molecule has 0 fully saturated rings. The van der Waals surface area contributed by atoms with Crippen molar-refractivity contribution in [2.75, 3.05) is 19.0 Å². The summed E-state index contributed by atoms with van der Waals surface area (Å²) < 4.78 is 1.91. The molecule has 1 aromatic heterocycles. The number of nitrogens with one attached hydrogen (secondary N) is 1. The van der Waals surface area contributed by atoms with Gasteiger partial charge in [0.05, 0.1) is 6.21 Å². The Morgan fingerprint density at radius 3 is 2.62 bits per heavy atom. The van der Waals surface area contributed by atoms with Crippen LogP contribution in [0.4, 0.5) is 5.69 Å². The number of hydrogen-bond acceptors (Lipinski definition) is 3. The molecule has 0 aliphatic rings. The minimum atomic E-state index is -0.155. The third kappa shape index (κ3) is 3.63. The third-order valence-corrected chi connectivity index (χ3v) is 3.81. The van der Waals surface area contributed by atoms with E-state index in [2.05, 4.69) is 10.5 Å². The Morgan fingerprint density at radius 2 is 1.88 bits per heavy atom. The predicted octanol–water partition coefficient (Wildman–Crippen LogP) is 2.86. The fourth-order valence-electron chi connectivity index (χ4n) is 2.51. The molecule has 0 saturated carbocycles. The van der Waals surface area contributed by atoms with Crippen molar-refractivity contribution in [3.63, 3.8) is 0 Å². The molecule has 3 rings (SSSR count). The van der Waals surface area contributed by atoms with Gasteiger partial charge in [-0.3, -0.25) is 4.79 Å². The lowest BCUT2D eigenvalue weighted by atomic mass is 10.2. The van der Waals surface area contributed by atoms with Crippen LogP contribution < -0.4 is 10.3 Å². The molecule has 0 spiro atoms. The van der Waals surface area contributed by atoms with Crippen LogP contribution in [-0.4, -0.2) is 30.8 Å². The van der Waals surface area contributed by atoms with E-state index in [4.69, 9.17) is 0 Å². The van der Waals surface area contributed by atoms with Gasteiger partial charge < -0.3 is 9.47 Å². The lowest BCUT2D eigenvalue weighted by molar-refractivity contribution is -0.121. The summed E-state index contributed by atoms with van der Waals surface area (Å²) >= 11 is 0. The van der Waals surface area contributed by atoms with E-state index in [0.29, 0.717) is 0 Å². The van der Waals surface area contributed by atoms with Gasteiger partial charge in [0.1, 0.15) is 6.54 Å². The number of para-hydroxylation sites is 1. The van der Waals surface area contributed by atoms with Crippen LogP contribution in [0.2, 0.25) is 0 Å². The second kappa shape index (κ2) is 7.00. The molecule has 122 valence electrons. The topological polar surface area (TPSA) is 49.6 Å². The van der Waals surface area contributed by atoms with Crippen molar-refractivity contribution in [2.24, 2.45) is 5.10 Å². The molecule has 1 N–H and O–H groups in total. The quantitative estimate of drug-likeness (QED) is 0.580. The molecule has 24 heavy (non-hydrogen) atoms. The summed E-state index contributed by atoms with van der Waals surface area (Å²) in [7, 11) is 3.99. The molecule has 0 radical (unpaired) electrons. The summed E-state index contributed by atoms with van der Waals surface area (Å²) in [4.78, 5) is 14.1. The SMILES string of the molecule is CN(C)c1ccc(/C=N/NC(=O)Cn2ccc3ccccc32)cc1. The molecule has 0 atom stereocenters. The van der Waals surface area contributed by atoms with E-state index < -0.39 is 0 Å². The maximum absolute atomic E-state index is 12.0. The molecule has 0 aliphatic heterocycles. The molecule has 1 heterocycles. The van der Waals surface area contributed by atoms with Crippen LogP contribution >= 0.6 is 0 Å². The Morgan fingerprint density at radius 1 is 1.12 bits per heavy atom. The number of anilines is 1. The van der Waals surface area contributed by atoms with Gasteiger partial charge in [0, 0.05) is 31.5 Å².